The summed E-state index contributed by atoms with van der Waals surface area (Å²) in [6.07, 6.45) is -1.68. The first kappa shape index (κ1) is 13.5. The number of carbonyl (C=O) groups is 1. The number of ether oxygens (including phenoxy) is 1. The van der Waals surface area contributed by atoms with E-state index in [1.54, 1.807) is 0 Å². The van der Waals surface area contributed by atoms with Crippen LogP contribution in [0.2, 0.25) is 0 Å². The van der Waals surface area contributed by atoms with Crippen molar-refractivity contribution in [3.05, 3.63) is 26.4 Å². The maximum atomic E-state index is 12.8. The zero-order valence-electron chi connectivity index (χ0n) is 8.14. The molecule has 0 spiro atoms. The van der Waals surface area contributed by atoms with Crippen LogP contribution in [0.15, 0.2) is 15.3 Å². The molecule has 1 aromatic rings. The summed E-state index contributed by atoms with van der Waals surface area (Å²) in [6.45, 7) is 0. The van der Waals surface area contributed by atoms with E-state index in [1.165, 1.54) is 13.3 Å². The molecule has 0 aliphatic heterocycles. The Labute approximate surface area is 107 Å². The number of methoxy groups -OCH3 is 1. The average molecular weight is 359 g/mol. The van der Waals surface area contributed by atoms with Crippen LogP contribution in [-0.2, 0) is 16.0 Å². The Morgan fingerprint density at radius 3 is 2.69 bits per heavy atom. The second-order valence-electron chi connectivity index (χ2n) is 2.84. The van der Waals surface area contributed by atoms with Gasteiger partial charge in [-0.25, -0.2) is 13.8 Å². The highest BCUT2D eigenvalue weighted by Crippen LogP contribution is 2.33. The van der Waals surface area contributed by atoms with Crippen LogP contribution < -0.4 is 0 Å². The van der Waals surface area contributed by atoms with Crippen LogP contribution in [0.25, 0.3) is 0 Å². The van der Waals surface area contributed by atoms with Crippen LogP contribution in [0.4, 0.5) is 8.78 Å². The highest BCUT2D eigenvalue weighted by Gasteiger charge is 2.22. The molecule has 16 heavy (non-hydrogen) atoms. The summed E-state index contributed by atoms with van der Waals surface area (Å²) >= 11 is 6.01. The van der Waals surface area contributed by atoms with Crippen LogP contribution in [0, 0.1) is 0 Å². The first-order chi connectivity index (χ1) is 7.47. The van der Waals surface area contributed by atoms with Crippen molar-refractivity contribution < 1.29 is 18.3 Å². The Bertz CT molecular complexity index is 413. The Balaban J connectivity index is 3.23. The molecule has 0 aliphatic rings. The van der Waals surface area contributed by atoms with Gasteiger partial charge in [0.15, 0.2) is 0 Å². The molecule has 0 atom stereocenters. The number of hydrogen-bond donors (Lipinski definition) is 0. The Morgan fingerprint density at radius 1 is 1.56 bits per heavy atom. The minimum atomic E-state index is -2.69. The van der Waals surface area contributed by atoms with E-state index in [4.69, 9.17) is 0 Å². The fourth-order valence-electron chi connectivity index (χ4n) is 1.14. The minimum absolute atomic E-state index is 0.135. The fraction of sp³-hybridized carbons (Fsp3) is 0.333. The van der Waals surface area contributed by atoms with E-state index >= 15 is 0 Å². The van der Waals surface area contributed by atoms with Crippen LogP contribution in [0.5, 0.6) is 0 Å². The van der Waals surface area contributed by atoms with Gasteiger partial charge in [-0.15, -0.1) is 0 Å². The third kappa shape index (κ3) is 2.98. The van der Waals surface area contributed by atoms with E-state index in [9.17, 15) is 13.6 Å². The van der Waals surface area contributed by atoms with Gasteiger partial charge in [0.25, 0.3) is 6.43 Å². The SMILES string of the molecule is COC(=O)Cc1c(Br)ncc(Br)c1C(F)F. The van der Waals surface area contributed by atoms with Gasteiger partial charge in [-0.3, -0.25) is 4.79 Å². The van der Waals surface area contributed by atoms with E-state index in [0.717, 1.165) is 0 Å². The molecule has 0 N–H and O–H groups in total. The maximum absolute atomic E-state index is 12.8. The van der Waals surface area contributed by atoms with E-state index < -0.39 is 12.4 Å². The second-order valence-corrected chi connectivity index (χ2v) is 4.45. The van der Waals surface area contributed by atoms with Gasteiger partial charge in [0.05, 0.1) is 13.5 Å². The Morgan fingerprint density at radius 2 is 2.19 bits per heavy atom. The smallest absolute Gasteiger partial charge is 0.310 e. The topological polar surface area (TPSA) is 39.2 Å². The van der Waals surface area contributed by atoms with Gasteiger partial charge >= 0.3 is 5.97 Å². The van der Waals surface area contributed by atoms with Crippen molar-refractivity contribution >= 4 is 37.8 Å². The van der Waals surface area contributed by atoms with Crippen LogP contribution in [0.3, 0.4) is 0 Å². The lowest BCUT2D eigenvalue weighted by Gasteiger charge is -2.11. The lowest BCUT2D eigenvalue weighted by atomic mass is 10.1. The van der Waals surface area contributed by atoms with Gasteiger partial charge < -0.3 is 4.74 Å². The number of hydrogen-bond acceptors (Lipinski definition) is 3. The van der Waals surface area contributed by atoms with E-state index in [1.807, 2.05) is 0 Å². The zero-order valence-corrected chi connectivity index (χ0v) is 11.3. The number of nitrogens with zero attached hydrogens (tertiary/aromatic N) is 1. The third-order valence-corrected chi connectivity index (χ3v) is 3.20. The number of halogens is 4. The van der Waals surface area contributed by atoms with Gasteiger partial charge in [0.2, 0.25) is 0 Å². The van der Waals surface area contributed by atoms with Gasteiger partial charge in [-0.2, -0.15) is 0 Å². The molecule has 88 valence electrons. The quantitative estimate of drug-likeness (QED) is 0.615. The monoisotopic (exact) mass is 357 g/mol. The van der Waals surface area contributed by atoms with Crippen LogP contribution in [-0.4, -0.2) is 18.1 Å². The molecule has 0 bridgehead atoms. The standard InChI is InChI=1S/C9H7Br2F2NO2/c1-16-6(15)2-4-7(9(12)13)5(10)3-14-8(4)11/h3,9H,2H2,1H3. The van der Waals surface area contributed by atoms with Gasteiger partial charge in [0.1, 0.15) is 4.60 Å². The van der Waals surface area contributed by atoms with Gasteiger partial charge in [-0.1, -0.05) is 0 Å². The predicted molar refractivity (Wildman–Crippen MR) is 60.3 cm³/mol. The summed E-state index contributed by atoms with van der Waals surface area (Å²) < 4.78 is 30.4. The molecule has 0 aromatic carbocycles. The van der Waals surface area contributed by atoms with Crippen molar-refractivity contribution in [2.75, 3.05) is 7.11 Å². The number of aromatic nitrogens is 1. The van der Waals surface area contributed by atoms with Crippen molar-refractivity contribution in [2.45, 2.75) is 12.8 Å². The van der Waals surface area contributed by atoms with Crippen LogP contribution >= 0.6 is 31.9 Å². The normalized spacial score (nSPS) is 10.6. The summed E-state index contributed by atoms with van der Waals surface area (Å²) in [7, 11) is 1.20. The Hall–Kier alpha value is -0.560. The van der Waals surface area contributed by atoms with E-state index in [0.29, 0.717) is 0 Å². The average Bonchev–Trinajstić information content (AvgIpc) is 2.22. The summed E-state index contributed by atoms with van der Waals surface area (Å²) in [5.41, 5.74) is -0.108. The number of pyridine rings is 1. The molecule has 0 aliphatic carbocycles. The number of rotatable bonds is 3. The van der Waals surface area contributed by atoms with Crippen molar-refractivity contribution in [1.82, 2.24) is 4.98 Å². The molecule has 0 saturated carbocycles. The first-order valence-corrected chi connectivity index (χ1v) is 5.73. The van der Waals surface area contributed by atoms with Crippen molar-refractivity contribution in [3.8, 4) is 0 Å². The highest BCUT2D eigenvalue weighted by atomic mass is 79.9. The predicted octanol–water partition coefficient (Wildman–Crippen LogP) is 3.26. The number of alkyl halides is 2. The van der Waals surface area contributed by atoms with E-state index in [2.05, 4.69) is 41.6 Å². The maximum Gasteiger partial charge on any atom is 0.310 e. The number of esters is 1. The van der Waals surface area contributed by atoms with Crippen molar-refractivity contribution in [2.24, 2.45) is 0 Å². The minimum Gasteiger partial charge on any atom is -0.469 e. The molecule has 1 heterocycles. The van der Waals surface area contributed by atoms with E-state index in [-0.39, 0.29) is 26.6 Å². The molecule has 1 aromatic heterocycles. The molecular formula is C9H7Br2F2NO2. The summed E-state index contributed by atoms with van der Waals surface area (Å²) in [6, 6.07) is 0. The van der Waals surface area contributed by atoms with Crippen molar-refractivity contribution in [3.63, 3.8) is 0 Å². The first-order valence-electron chi connectivity index (χ1n) is 4.15. The lowest BCUT2D eigenvalue weighted by molar-refractivity contribution is -0.139. The molecule has 0 amide bonds. The van der Waals surface area contributed by atoms with Gasteiger partial charge in [-0.05, 0) is 31.9 Å². The molecule has 3 nitrogen and oxygen atoms in total. The lowest BCUT2D eigenvalue weighted by Crippen LogP contribution is -2.09. The van der Waals surface area contributed by atoms with Crippen molar-refractivity contribution in [1.29, 1.82) is 0 Å². The van der Waals surface area contributed by atoms with Crippen LogP contribution in [0.1, 0.15) is 17.6 Å². The molecule has 0 saturated heterocycles. The molecule has 1 rings (SSSR count). The van der Waals surface area contributed by atoms with Gasteiger partial charge in [0, 0.05) is 21.8 Å². The fourth-order valence-corrected chi connectivity index (χ4v) is 2.11. The molecule has 7 heteroatoms. The summed E-state index contributed by atoms with van der Waals surface area (Å²) in [5, 5.41) is 0. The largest absolute Gasteiger partial charge is 0.469 e. The highest BCUT2D eigenvalue weighted by molar-refractivity contribution is 9.11. The number of carbonyl (C=O) groups excluding carboxylic acids is 1. The molecule has 0 fully saturated rings. The summed E-state index contributed by atoms with van der Waals surface area (Å²) in [5.74, 6) is -0.595. The summed E-state index contributed by atoms with van der Waals surface area (Å²) in [4.78, 5) is 14.9. The molecule has 0 unspecified atom stereocenters. The zero-order chi connectivity index (χ0) is 12.3. The Kier molecular flexibility index (Phi) is 4.79. The molecular weight excluding hydrogens is 352 g/mol. The second kappa shape index (κ2) is 5.67. The third-order valence-electron chi connectivity index (χ3n) is 1.89. The molecule has 0 radical (unpaired) electrons.